The van der Waals surface area contributed by atoms with Crippen molar-refractivity contribution in [3.05, 3.63) is 58.9 Å². The second kappa shape index (κ2) is 9.20. The summed E-state index contributed by atoms with van der Waals surface area (Å²) in [4.78, 5) is 22.2. The highest BCUT2D eigenvalue weighted by atomic mass is 32.1. The van der Waals surface area contributed by atoms with E-state index in [-0.39, 0.29) is 18.1 Å². The molecule has 1 aliphatic heterocycles. The molecule has 0 radical (unpaired) electrons. The maximum Gasteiger partial charge on any atom is 0.233 e. The minimum absolute atomic E-state index is 0.0247. The average molecular weight is 428 g/mol. The van der Waals surface area contributed by atoms with E-state index in [0.29, 0.717) is 6.54 Å². The van der Waals surface area contributed by atoms with Crippen molar-refractivity contribution in [2.75, 3.05) is 44.3 Å². The second-order valence-electron chi connectivity index (χ2n) is 7.65. The maximum atomic E-state index is 13.3. The maximum absolute atomic E-state index is 13.3. The van der Waals surface area contributed by atoms with Crippen LogP contribution in [0.1, 0.15) is 16.7 Å². The molecule has 5 nitrogen and oxygen atoms in total. The fraction of sp³-hybridized carbons (Fsp3) is 0.391. The first kappa shape index (κ1) is 20.9. The molecule has 1 saturated heterocycles. The summed E-state index contributed by atoms with van der Waals surface area (Å²) in [5.41, 5.74) is 4.10. The van der Waals surface area contributed by atoms with Gasteiger partial charge in [0, 0.05) is 26.2 Å². The number of halogens is 1. The van der Waals surface area contributed by atoms with E-state index in [2.05, 4.69) is 30.9 Å². The van der Waals surface area contributed by atoms with Gasteiger partial charge in [-0.25, -0.2) is 9.37 Å². The molecule has 2 heterocycles. The number of ether oxygens (including phenoxy) is 1. The quantitative estimate of drug-likeness (QED) is 0.597. The Bertz CT molecular complexity index is 1030. The summed E-state index contributed by atoms with van der Waals surface area (Å²) >= 11 is 1.55. The van der Waals surface area contributed by atoms with Crippen LogP contribution in [0, 0.1) is 19.7 Å². The fourth-order valence-corrected chi connectivity index (χ4v) is 4.66. The summed E-state index contributed by atoms with van der Waals surface area (Å²) in [6, 6.07) is 10.3. The number of rotatable bonds is 6. The molecule has 3 aromatic rings. The second-order valence-corrected chi connectivity index (χ2v) is 8.66. The van der Waals surface area contributed by atoms with E-state index in [1.165, 1.54) is 17.7 Å². The van der Waals surface area contributed by atoms with Crippen molar-refractivity contribution in [3.63, 3.8) is 0 Å². The third-order valence-electron chi connectivity index (χ3n) is 5.62. The first-order valence-corrected chi connectivity index (χ1v) is 11.0. The lowest BCUT2D eigenvalue weighted by molar-refractivity contribution is -0.118. The first-order valence-electron chi connectivity index (χ1n) is 10.2. The van der Waals surface area contributed by atoms with Crippen molar-refractivity contribution in [1.29, 1.82) is 0 Å². The monoisotopic (exact) mass is 427 g/mol. The van der Waals surface area contributed by atoms with Gasteiger partial charge in [0.1, 0.15) is 5.82 Å². The van der Waals surface area contributed by atoms with E-state index in [0.717, 1.165) is 59.3 Å². The largest absolute Gasteiger partial charge is 0.379 e. The number of thiazole rings is 1. The molecule has 0 N–H and O–H groups in total. The van der Waals surface area contributed by atoms with E-state index in [9.17, 15) is 9.18 Å². The Hall–Kier alpha value is -2.35. The third-order valence-corrected chi connectivity index (χ3v) is 6.66. The van der Waals surface area contributed by atoms with Crippen LogP contribution in [0.25, 0.3) is 10.2 Å². The topological polar surface area (TPSA) is 45.7 Å². The molecule has 4 rings (SSSR count). The number of amides is 1. The number of aromatic nitrogens is 1. The van der Waals surface area contributed by atoms with Crippen LogP contribution in [-0.2, 0) is 16.0 Å². The van der Waals surface area contributed by atoms with Gasteiger partial charge in [0.05, 0.1) is 29.9 Å². The van der Waals surface area contributed by atoms with Gasteiger partial charge in [0.15, 0.2) is 5.13 Å². The van der Waals surface area contributed by atoms with Crippen LogP contribution in [0.5, 0.6) is 0 Å². The summed E-state index contributed by atoms with van der Waals surface area (Å²) in [6.45, 7) is 8.68. The minimum atomic E-state index is -0.299. The highest BCUT2D eigenvalue weighted by Crippen LogP contribution is 2.32. The predicted octanol–water partition coefficient (Wildman–Crippen LogP) is 3.96. The molecule has 1 aliphatic rings. The van der Waals surface area contributed by atoms with Crippen LogP contribution in [0.2, 0.25) is 0 Å². The zero-order valence-electron chi connectivity index (χ0n) is 17.4. The third kappa shape index (κ3) is 4.69. The van der Waals surface area contributed by atoms with Gasteiger partial charge >= 0.3 is 0 Å². The highest BCUT2D eigenvalue weighted by molar-refractivity contribution is 7.22. The lowest BCUT2D eigenvalue weighted by Gasteiger charge is -2.29. The average Bonchev–Trinajstić information content (AvgIpc) is 3.18. The number of aryl methyl sites for hydroxylation is 2. The number of morpholine rings is 1. The van der Waals surface area contributed by atoms with Crippen LogP contribution in [0.4, 0.5) is 9.52 Å². The minimum Gasteiger partial charge on any atom is -0.379 e. The van der Waals surface area contributed by atoms with Crippen molar-refractivity contribution in [2.24, 2.45) is 0 Å². The lowest BCUT2D eigenvalue weighted by Crippen LogP contribution is -2.43. The number of carbonyl (C=O) groups is 1. The lowest BCUT2D eigenvalue weighted by atomic mass is 10.1. The van der Waals surface area contributed by atoms with Crippen molar-refractivity contribution in [3.8, 4) is 0 Å². The molecule has 0 spiro atoms. The number of nitrogens with zero attached hydrogens (tertiary/aromatic N) is 3. The molecule has 1 aromatic heterocycles. The molecular weight excluding hydrogens is 401 g/mol. The van der Waals surface area contributed by atoms with Crippen molar-refractivity contribution in [1.82, 2.24) is 9.88 Å². The summed E-state index contributed by atoms with van der Waals surface area (Å²) in [6.07, 6.45) is 0.220. The van der Waals surface area contributed by atoms with Gasteiger partial charge in [-0.2, -0.15) is 0 Å². The molecule has 1 fully saturated rings. The molecule has 30 heavy (non-hydrogen) atoms. The summed E-state index contributed by atoms with van der Waals surface area (Å²) < 4.78 is 19.8. The SMILES string of the molecule is Cc1ccc2sc(N(CCN3CCOCC3)C(=O)Cc3ccc(F)cc3)nc2c1C. The van der Waals surface area contributed by atoms with E-state index in [1.807, 2.05) is 0 Å². The number of benzene rings is 2. The van der Waals surface area contributed by atoms with Crippen LogP contribution in [0.15, 0.2) is 36.4 Å². The Balaban J connectivity index is 1.59. The van der Waals surface area contributed by atoms with E-state index < -0.39 is 0 Å². The summed E-state index contributed by atoms with van der Waals surface area (Å²) in [5.74, 6) is -0.323. The predicted molar refractivity (Wildman–Crippen MR) is 119 cm³/mol. The fourth-order valence-electron chi connectivity index (χ4n) is 3.60. The van der Waals surface area contributed by atoms with Crippen molar-refractivity contribution in [2.45, 2.75) is 20.3 Å². The van der Waals surface area contributed by atoms with Gasteiger partial charge in [0.25, 0.3) is 0 Å². The standard InChI is InChI=1S/C23H26FN3O2S/c1-16-3-8-20-22(17(16)2)25-23(30-20)27(10-9-26-11-13-29-14-12-26)21(28)15-18-4-6-19(24)7-5-18/h3-8H,9-15H2,1-2H3. The first-order chi connectivity index (χ1) is 14.5. The molecule has 1 amide bonds. The summed E-state index contributed by atoms with van der Waals surface area (Å²) in [7, 11) is 0. The molecule has 0 aliphatic carbocycles. The number of hydrogen-bond acceptors (Lipinski definition) is 5. The Morgan fingerprint density at radius 1 is 1.17 bits per heavy atom. The van der Waals surface area contributed by atoms with E-state index in [4.69, 9.17) is 9.72 Å². The van der Waals surface area contributed by atoms with Crippen molar-refractivity contribution < 1.29 is 13.9 Å². The number of anilines is 1. The summed E-state index contributed by atoms with van der Waals surface area (Å²) in [5, 5.41) is 0.721. The van der Waals surface area contributed by atoms with Gasteiger partial charge in [-0.1, -0.05) is 29.5 Å². The Labute approximate surface area is 180 Å². The van der Waals surface area contributed by atoms with Crippen LogP contribution >= 0.6 is 11.3 Å². The van der Waals surface area contributed by atoms with Gasteiger partial charge in [-0.05, 0) is 48.7 Å². The number of hydrogen-bond donors (Lipinski definition) is 0. The van der Waals surface area contributed by atoms with Gasteiger partial charge in [0.2, 0.25) is 5.91 Å². The smallest absolute Gasteiger partial charge is 0.233 e. The molecule has 0 saturated carbocycles. The number of fused-ring (bicyclic) bond motifs is 1. The van der Waals surface area contributed by atoms with E-state index >= 15 is 0 Å². The van der Waals surface area contributed by atoms with Gasteiger partial charge in [-0.3, -0.25) is 14.6 Å². The Morgan fingerprint density at radius 2 is 1.90 bits per heavy atom. The highest BCUT2D eigenvalue weighted by Gasteiger charge is 2.22. The normalized spacial score (nSPS) is 14.9. The molecule has 0 unspecified atom stereocenters. The molecule has 0 atom stereocenters. The van der Waals surface area contributed by atoms with E-state index in [1.54, 1.807) is 28.4 Å². The van der Waals surface area contributed by atoms with Crippen LogP contribution in [0.3, 0.4) is 0 Å². The zero-order chi connectivity index (χ0) is 21.1. The molecule has 7 heteroatoms. The van der Waals surface area contributed by atoms with Gasteiger partial charge < -0.3 is 4.74 Å². The number of carbonyl (C=O) groups excluding carboxylic acids is 1. The molecule has 158 valence electrons. The molecular formula is C23H26FN3O2S. The van der Waals surface area contributed by atoms with Crippen LogP contribution < -0.4 is 4.90 Å². The molecule has 2 aromatic carbocycles. The van der Waals surface area contributed by atoms with Crippen molar-refractivity contribution >= 4 is 32.6 Å². The molecule has 0 bridgehead atoms. The van der Waals surface area contributed by atoms with Gasteiger partial charge in [-0.15, -0.1) is 0 Å². The van der Waals surface area contributed by atoms with Crippen LogP contribution in [-0.4, -0.2) is 55.2 Å². The zero-order valence-corrected chi connectivity index (χ0v) is 18.2. The Kier molecular flexibility index (Phi) is 6.41. The Morgan fingerprint density at radius 3 is 2.63 bits per heavy atom.